The van der Waals surface area contributed by atoms with Crippen LogP contribution in [0.1, 0.15) is 36.7 Å². The van der Waals surface area contributed by atoms with Gasteiger partial charge in [-0.2, -0.15) is 4.31 Å². The van der Waals surface area contributed by atoms with Crippen molar-refractivity contribution < 1.29 is 18.0 Å². The third kappa shape index (κ3) is 3.78. The topological polar surface area (TPSA) is 114 Å². The van der Waals surface area contributed by atoms with Crippen molar-refractivity contribution in [3.8, 4) is 0 Å². The number of carbonyl (C=O) groups is 2. The molecule has 1 saturated heterocycles. The van der Waals surface area contributed by atoms with Gasteiger partial charge < -0.3 is 15.6 Å². The van der Waals surface area contributed by atoms with Crippen LogP contribution in [-0.4, -0.2) is 48.7 Å². The monoisotopic (exact) mass is 356 g/mol. The van der Waals surface area contributed by atoms with Gasteiger partial charge in [0.2, 0.25) is 15.9 Å². The van der Waals surface area contributed by atoms with E-state index >= 15 is 0 Å². The van der Waals surface area contributed by atoms with Crippen LogP contribution in [0.5, 0.6) is 0 Å². The number of primary amides is 1. The molecule has 1 aromatic rings. The standard InChI is InChI=1S/C15H24N4O4S/c1-3-6-17-15(21)11-4-7-19(8-5-11)24(22,23)12-9-13(14(16)20)18(2)10-12/h9-11H,3-8H2,1-2H3,(H2,16,20)(H,17,21). The molecule has 0 aliphatic carbocycles. The van der Waals surface area contributed by atoms with Gasteiger partial charge in [0.25, 0.3) is 5.91 Å². The van der Waals surface area contributed by atoms with E-state index in [1.807, 2.05) is 6.92 Å². The quantitative estimate of drug-likeness (QED) is 0.749. The Bertz CT molecular complexity index is 718. The number of amides is 2. The van der Waals surface area contributed by atoms with Crippen LogP contribution in [0.25, 0.3) is 0 Å². The number of aryl methyl sites for hydroxylation is 1. The summed E-state index contributed by atoms with van der Waals surface area (Å²) in [6.07, 6.45) is 3.24. The van der Waals surface area contributed by atoms with Crippen LogP contribution in [-0.2, 0) is 21.9 Å². The van der Waals surface area contributed by atoms with Crippen LogP contribution in [0.4, 0.5) is 0 Å². The second kappa shape index (κ2) is 7.35. The molecular weight excluding hydrogens is 332 g/mol. The van der Waals surface area contributed by atoms with E-state index in [1.54, 1.807) is 7.05 Å². The van der Waals surface area contributed by atoms with Crippen molar-refractivity contribution in [2.24, 2.45) is 18.7 Å². The number of nitrogens with two attached hydrogens (primary N) is 1. The van der Waals surface area contributed by atoms with Crippen LogP contribution < -0.4 is 11.1 Å². The lowest BCUT2D eigenvalue weighted by Crippen LogP contribution is -2.43. The van der Waals surface area contributed by atoms with Crippen molar-refractivity contribution in [2.45, 2.75) is 31.1 Å². The van der Waals surface area contributed by atoms with Crippen LogP contribution in [0.2, 0.25) is 0 Å². The number of sulfonamides is 1. The van der Waals surface area contributed by atoms with Gasteiger partial charge in [-0.15, -0.1) is 0 Å². The highest BCUT2D eigenvalue weighted by Gasteiger charge is 2.33. The van der Waals surface area contributed by atoms with Gasteiger partial charge in [-0.05, 0) is 25.3 Å². The molecule has 1 aliphatic rings. The van der Waals surface area contributed by atoms with Crippen LogP contribution in [0.15, 0.2) is 17.2 Å². The molecular formula is C15H24N4O4S. The van der Waals surface area contributed by atoms with E-state index in [2.05, 4.69) is 5.32 Å². The van der Waals surface area contributed by atoms with Crippen molar-refractivity contribution in [3.63, 3.8) is 0 Å². The predicted octanol–water partition coefficient (Wildman–Crippen LogP) is 0.0509. The van der Waals surface area contributed by atoms with Gasteiger partial charge in [0.1, 0.15) is 10.6 Å². The molecule has 0 saturated carbocycles. The summed E-state index contributed by atoms with van der Waals surface area (Å²) in [5.74, 6) is -0.838. The average molecular weight is 356 g/mol. The fraction of sp³-hybridized carbons (Fsp3) is 0.600. The number of piperidine rings is 1. The highest BCUT2D eigenvalue weighted by molar-refractivity contribution is 7.89. The maximum Gasteiger partial charge on any atom is 0.265 e. The van der Waals surface area contributed by atoms with Crippen molar-refractivity contribution in [1.82, 2.24) is 14.2 Å². The molecule has 1 aromatic heterocycles. The van der Waals surface area contributed by atoms with E-state index < -0.39 is 15.9 Å². The summed E-state index contributed by atoms with van der Waals surface area (Å²) in [6.45, 7) is 3.19. The fourth-order valence-electron chi connectivity index (χ4n) is 2.82. The minimum absolute atomic E-state index is 0.00961. The second-order valence-electron chi connectivity index (χ2n) is 6.01. The maximum atomic E-state index is 12.7. The molecule has 2 amide bonds. The summed E-state index contributed by atoms with van der Waals surface area (Å²) in [6, 6.07) is 1.29. The Hall–Kier alpha value is -1.87. The van der Waals surface area contributed by atoms with Crippen LogP contribution in [0.3, 0.4) is 0 Å². The number of carbonyl (C=O) groups excluding carboxylic acids is 2. The summed E-state index contributed by atoms with van der Waals surface area (Å²) in [4.78, 5) is 23.3. The van der Waals surface area contributed by atoms with Gasteiger partial charge in [0.15, 0.2) is 0 Å². The molecule has 0 radical (unpaired) electrons. The molecule has 1 aliphatic heterocycles. The molecule has 0 spiro atoms. The van der Waals surface area contributed by atoms with Gasteiger partial charge in [-0.25, -0.2) is 8.42 Å². The van der Waals surface area contributed by atoms with Crippen molar-refractivity contribution in [2.75, 3.05) is 19.6 Å². The highest BCUT2D eigenvalue weighted by atomic mass is 32.2. The first-order valence-corrected chi connectivity index (χ1v) is 9.45. The molecule has 3 N–H and O–H groups in total. The molecule has 0 unspecified atom stereocenters. The first kappa shape index (κ1) is 18.5. The smallest absolute Gasteiger partial charge is 0.265 e. The molecule has 9 heteroatoms. The summed E-state index contributed by atoms with van der Waals surface area (Å²) in [5.41, 5.74) is 5.37. The minimum atomic E-state index is -3.69. The van der Waals surface area contributed by atoms with Crippen LogP contribution >= 0.6 is 0 Å². The maximum absolute atomic E-state index is 12.7. The molecule has 1 fully saturated rings. The van der Waals surface area contributed by atoms with E-state index in [-0.39, 0.29) is 35.5 Å². The van der Waals surface area contributed by atoms with Crippen LogP contribution in [0, 0.1) is 5.92 Å². The Kier molecular flexibility index (Phi) is 5.66. The van der Waals surface area contributed by atoms with E-state index in [1.165, 1.54) is 21.1 Å². The molecule has 0 bridgehead atoms. The lowest BCUT2D eigenvalue weighted by molar-refractivity contribution is -0.126. The van der Waals surface area contributed by atoms with E-state index in [9.17, 15) is 18.0 Å². The first-order chi connectivity index (χ1) is 11.3. The number of aromatic nitrogens is 1. The second-order valence-corrected chi connectivity index (χ2v) is 7.94. The van der Waals surface area contributed by atoms with E-state index in [0.29, 0.717) is 19.4 Å². The first-order valence-electron chi connectivity index (χ1n) is 8.01. The summed E-state index contributed by atoms with van der Waals surface area (Å²) < 4.78 is 28.1. The largest absolute Gasteiger partial charge is 0.364 e. The zero-order chi connectivity index (χ0) is 17.9. The van der Waals surface area contributed by atoms with Crippen molar-refractivity contribution in [1.29, 1.82) is 0 Å². The van der Waals surface area contributed by atoms with E-state index in [4.69, 9.17) is 5.73 Å². The number of nitrogens with zero attached hydrogens (tertiary/aromatic N) is 2. The third-order valence-electron chi connectivity index (χ3n) is 4.24. The number of nitrogens with one attached hydrogen (secondary N) is 1. The van der Waals surface area contributed by atoms with Gasteiger partial charge in [0, 0.05) is 38.8 Å². The predicted molar refractivity (Wildman–Crippen MR) is 88.7 cm³/mol. The van der Waals surface area contributed by atoms with Gasteiger partial charge in [0.05, 0.1) is 0 Å². The minimum Gasteiger partial charge on any atom is -0.364 e. The Morgan fingerprint density at radius 2 is 1.96 bits per heavy atom. The normalized spacial score (nSPS) is 16.9. The Labute approximate surface area is 142 Å². The van der Waals surface area contributed by atoms with Gasteiger partial charge in [-0.1, -0.05) is 6.92 Å². The molecule has 24 heavy (non-hydrogen) atoms. The Morgan fingerprint density at radius 1 is 1.33 bits per heavy atom. The van der Waals surface area contributed by atoms with E-state index in [0.717, 1.165) is 6.42 Å². The highest BCUT2D eigenvalue weighted by Crippen LogP contribution is 2.25. The summed E-state index contributed by atoms with van der Waals surface area (Å²) in [5, 5.41) is 2.85. The summed E-state index contributed by atoms with van der Waals surface area (Å²) >= 11 is 0. The Balaban J connectivity index is 2.06. The molecule has 8 nitrogen and oxygen atoms in total. The Morgan fingerprint density at radius 3 is 2.46 bits per heavy atom. The molecule has 0 atom stereocenters. The van der Waals surface area contributed by atoms with Crippen molar-refractivity contribution in [3.05, 3.63) is 18.0 Å². The number of hydrogen-bond donors (Lipinski definition) is 2. The number of hydrogen-bond acceptors (Lipinski definition) is 4. The zero-order valence-corrected chi connectivity index (χ0v) is 14.8. The SMILES string of the molecule is CCCNC(=O)C1CCN(S(=O)(=O)c2cc(C(N)=O)n(C)c2)CC1. The zero-order valence-electron chi connectivity index (χ0n) is 14.0. The molecule has 134 valence electrons. The third-order valence-corrected chi connectivity index (χ3v) is 6.11. The summed E-state index contributed by atoms with van der Waals surface area (Å²) in [7, 11) is -2.12. The van der Waals surface area contributed by atoms with Gasteiger partial charge in [-0.3, -0.25) is 9.59 Å². The van der Waals surface area contributed by atoms with Crippen molar-refractivity contribution >= 4 is 21.8 Å². The fourth-order valence-corrected chi connectivity index (χ4v) is 4.36. The lowest BCUT2D eigenvalue weighted by Gasteiger charge is -2.30. The average Bonchev–Trinajstić information content (AvgIpc) is 2.95. The lowest BCUT2D eigenvalue weighted by atomic mass is 9.97. The molecule has 0 aromatic carbocycles. The molecule has 2 rings (SSSR count). The van der Waals surface area contributed by atoms with Gasteiger partial charge >= 0.3 is 0 Å². The molecule has 2 heterocycles. The number of rotatable bonds is 6.